The molecule has 6 heteroatoms. The molecule has 1 aliphatic heterocycles. The maximum absolute atomic E-state index is 10.9. The quantitative estimate of drug-likeness (QED) is 0.865. The molecule has 0 radical (unpaired) electrons. The number of carboxylic acids is 1. The van der Waals surface area contributed by atoms with E-state index in [0.717, 1.165) is 16.5 Å². The molecular formula is C14H14N2O4. The highest BCUT2D eigenvalue weighted by Gasteiger charge is 2.17. The van der Waals surface area contributed by atoms with Crippen molar-refractivity contribution in [3.05, 3.63) is 30.0 Å². The Balaban J connectivity index is 2.06. The summed E-state index contributed by atoms with van der Waals surface area (Å²) in [6.45, 7) is 1.02. The number of nitrogens with two attached hydrogens (primary N) is 1. The van der Waals surface area contributed by atoms with E-state index < -0.39 is 12.0 Å². The first-order chi connectivity index (χ1) is 9.65. The van der Waals surface area contributed by atoms with E-state index in [0.29, 0.717) is 24.7 Å². The molecule has 0 aliphatic carbocycles. The summed E-state index contributed by atoms with van der Waals surface area (Å²) in [4.78, 5) is 15.2. The normalized spacial score (nSPS) is 15.1. The number of carbonyl (C=O) groups is 1. The highest BCUT2D eigenvalue weighted by molar-refractivity contribution is 5.86. The molecule has 3 N–H and O–H groups in total. The summed E-state index contributed by atoms with van der Waals surface area (Å²) in [6.07, 6.45) is 1.89. The van der Waals surface area contributed by atoms with Gasteiger partial charge in [-0.1, -0.05) is 0 Å². The van der Waals surface area contributed by atoms with Gasteiger partial charge in [-0.25, -0.2) is 0 Å². The van der Waals surface area contributed by atoms with Crippen LogP contribution in [-0.4, -0.2) is 35.3 Å². The monoisotopic (exact) mass is 274 g/mol. The Morgan fingerprint density at radius 1 is 1.35 bits per heavy atom. The summed E-state index contributed by atoms with van der Waals surface area (Å²) in [5.41, 5.74) is 7.18. The van der Waals surface area contributed by atoms with Crippen LogP contribution in [0.1, 0.15) is 5.56 Å². The first-order valence-corrected chi connectivity index (χ1v) is 6.31. The van der Waals surface area contributed by atoms with Crippen LogP contribution in [0.25, 0.3) is 10.9 Å². The van der Waals surface area contributed by atoms with Crippen LogP contribution in [0.3, 0.4) is 0 Å². The number of carboxylic acid groups (broad SMARTS) is 1. The minimum absolute atomic E-state index is 0.244. The molecule has 1 atom stereocenters. The standard InChI is InChI=1S/C14H14N2O4/c15-10(14(17)18)5-8-1-2-16-11-7-13-12(6-9(8)11)19-3-4-20-13/h1-2,6-7,10H,3-5,15H2,(H,17,18). The van der Waals surface area contributed by atoms with E-state index in [9.17, 15) is 4.79 Å². The largest absolute Gasteiger partial charge is 0.486 e. The van der Waals surface area contributed by atoms with Crippen molar-refractivity contribution in [2.75, 3.05) is 13.2 Å². The Hall–Kier alpha value is -2.34. The lowest BCUT2D eigenvalue weighted by atomic mass is 10.0. The van der Waals surface area contributed by atoms with Gasteiger partial charge in [0, 0.05) is 17.6 Å². The minimum atomic E-state index is -1.02. The Morgan fingerprint density at radius 3 is 2.75 bits per heavy atom. The maximum Gasteiger partial charge on any atom is 0.320 e. The second kappa shape index (κ2) is 4.97. The fraction of sp³-hybridized carbons (Fsp3) is 0.286. The summed E-state index contributed by atoms with van der Waals surface area (Å²) in [5, 5.41) is 9.76. The van der Waals surface area contributed by atoms with Crippen molar-refractivity contribution in [1.82, 2.24) is 4.98 Å². The third kappa shape index (κ3) is 2.25. The summed E-state index contributed by atoms with van der Waals surface area (Å²) in [7, 11) is 0. The molecular weight excluding hydrogens is 260 g/mol. The predicted octanol–water partition coefficient (Wildman–Crippen LogP) is 0.960. The van der Waals surface area contributed by atoms with Gasteiger partial charge in [-0.15, -0.1) is 0 Å². The summed E-state index contributed by atoms with van der Waals surface area (Å²) >= 11 is 0. The van der Waals surface area contributed by atoms with Crippen LogP contribution in [0.2, 0.25) is 0 Å². The lowest BCUT2D eigenvalue weighted by Gasteiger charge is -2.19. The van der Waals surface area contributed by atoms with Gasteiger partial charge in [0.1, 0.15) is 19.3 Å². The number of aliphatic carboxylic acids is 1. The zero-order valence-corrected chi connectivity index (χ0v) is 10.7. The van der Waals surface area contributed by atoms with Gasteiger partial charge in [-0.2, -0.15) is 0 Å². The third-order valence-electron chi connectivity index (χ3n) is 3.25. The Kier molecular flexibility index (Phi) is 3.15. The van der Waals surface area contributed by atoms with E-state index in [1.807, 2.05) is 6.07 Å². The van der Waals surface area contributed by atoms with E-state index in [2.05, 4.69) is 4.98 Å². The number of ether oxygens (including phenoxy) is 2. The van der Waals surface area contributed by atoms with Gasteiger partial charge in [0.2, 0.25) is 0 Å². The number of aromatic nitrogens is 1. The number of fused-ring (bicyclic) bond motifs is 2. The molecule has 0 spiro atoms. The lowest BCUT2D eigenvalue weighted by Crippen LogP contribution is -2.32. The molecule has 2 aromatic rings. The fourth-order valence-corrected chi connectivity index (χ4v) is 2.24. The number of hydrogen-bond donors (Lipinski definition) is 2. The van der Waals surface area contributed by atoms with Gasteiger partial charge < -0.3 is 20.3 Å². The summed E-state index contributed by atoms with van der Waals surface area (Å²) in [5.74, 6) is 0.297. The van der Waals surface area contributed by atoms with Gasteiger partial charge in [0.25, 0.3) is 0 Å². The van der Waals surface area contributed by atoms with Crippen LogP contribution in [0, 0.1) is 0 Å². The highest BCUT2D eigenvalue weighted by Crippen LogP contribution is 2.35. The molecule has 0 amide bonds. The first-order valence-electron chi connectivity index (χ1n) is 6.31. The number of rotatable bonds is 3. The van der Waals surface area contributed by atoms with E-state index >= 15 is 0 Å². The number of nitrogens with zero attached hydrogens (tertiary/aromatic N) is 1. The van der Waals surface area contributed by atoms with Crippen molar-refractivity contribution in [3.63, 3.8) is 0 Å². The number of pyridine rings is 1. The summed E-state index contributed by atoms with van der Waals surface area (Å²) in [6, 6.07) is 4.48. The molecule has 1 aliphatic rings. The molecule has 1 aromatic heterocycles. The molecule has 0 saturated heterocycles. The van der Waals surface area contributed by atoms with Crippen LogP contribution in [0.15, 0.2) is 24.4 Å². The molecule has 1 aromatic carbocycles. The van der Waals surface area contributed by atoms with E-state index in [-0.39, 0.29) is 6.42 Å². The van der Waals surface area contributed by atoms with Crippen LogP contribution in [0.5, 0.6) is 11.5 Å². The van der Waals surface area contributed by atoms with Crippen molar-refractivity contribution in [2.45, 2.75) is 12.5 Å². The van der Waals surface area contributed by atoms with E-state index in [4.69, 9.17) is 20.3 Å². The molecule has 0 fully saturated rings. The fourth-order valence-electron chi connectivity index (χ4n) is 2.24. The second-order valence-corrected chi connectivity index (χ2v) is 4.63. The molecule has 2 heterocycles. The van der Waals surface area contributed by atoms with Crippen molar-refractivity contribution in [3.8, 4) is 11.5 Å². The van der Waals surface area contributed by atoms with E-state index in [1.54, 1.807) is 18.3 Å². The third-order valence-corrected chi connectivity index (χ3v) is 3.25. The number of hydrogen-bond acceptors (Lipinski definition) is 5. The second-order valence-electron chi connectivity index (χ2n) is 4.63. The Morgan fingerprint density at radius 2 is 2.05 bits per heavy atom. The average Bonchev–Trinajstić information content (AvgIpc) is 2.45. The Labute approximate surface area is 115 Å². The smallest absolute Gasteiger partial charge is 0.320 e. The van der Waals surface area contributed by atoms with Crippen molar-refractivity contribution < 1.29 is 19.4 Å². The minimum Gasteiger partial charge on any atom is -0.486 e. The molecule has 0 bridgehead atoms. The average molecular weight is 274 g/mol. The molecule has 3 rings (SSSR count). The van der Waals surface area contributed by atoms with Crippen molar-refractivity contribution in [1.29, 1.82) is 0 Å². The Bertz CT molecular complexity index is 672. The first kappa shape index (κ1) is 12.7. The van der Waals surface area contributed by atoms with Crippen molar-refractivity contribution in [2.24, 2.45) is 5.73 Å². The molecule has 0 saturated carbocycles. The van der Waals surface area contributed by atoms with E-state index in [1.165, 1.54) is 0 Å². The van der Waals surface area contributed by atoms with Crippen LogP contribution in [0.4, 0.5) is 0 Å². The maximum atomic E-state index is 10.9. The lowest BCUT2D eigenvalue weighted by molar-refractivity contribution is -0.138. The predicted molar refractivity (Wildman–Crippen MR) is 72.0 cm³/mol. The summed E-state index contributed by atoms with van der Waals surface area (Å²) < 4.78 is 11.0. The van der Waals surface area contributed by atoms with Gasteiger partial charge in [0.05, 0.1) is 5.52 Å². The van der Waals surface area contributed by atoms with Crippen LogP contribution < -0.4 is 15.2 Å². The SMILES string of the molecule is NC(Cc1ccnc2cc3c(cc12)OCCO3)C(=O)O. The zero-order chi connectivity index (χ0) is 14.1. The molecule has 104 valence electrons. The van der Waals surface area contributed by atoms with Gasteiger partial charge in [-0.05, 0) is 24.1 Å². The molecule has 6 nitrogen and oxygen atoms in total. The zero-order valence-electron chi connectivity index (χ0n) is 10.7. The van der Waals surface area contributed by atoms with Crippen LogP contribution in [-0.2, 0) is 11.2 Å². The van der Waals surface area contributed by atoms with Gasteiger partial charge in [-0.3, -0.25) is 9.78 Å². The topological polar surface area (TPSA) is 94.7 Å². The van der Waals surface area contributed by atoms with Gasteiger partial charge in [0.15, 0.2) is 11.5 Å². The molecule has 20 heavy (non-hydrogen) atoms. The van der Waals surface area contributed by atoms with Crippen LogP contribution >= 0.6 is 0 Å². The highest BCUT2D eigenvalue weighted by atomic mass is 16.6. The van der Waals surface area contributed by atoms with Crippen molar-refractivity contribution >= 4 is 16.9 Å². The molecule has 1 unspecified atom stereocenters. The van der Waals surface area contributed by atoms with Gasteiger partial charge >= 0.3 is 5.97 Å². The number of benzene rings is 1.